The number of benzene rings is 1. The maximum Gasteiger partial charge on any atom is 0.228 e. The molecule has 1 unspecified atom stereocenters. The third kappa shape index (κ3) is 3.77. The van der Waals surface area contributed by atoms with Gasteiger partial charge in [-0.1, -0.05) is 36.9 Å². The van der Waals surface area contributed by atoms with E-state index in [0.717, 1.165) is 22.6 Å². The lowest BCUT2D eigenvalue weighted by molar-refractivity contribution is -0.126. The van der Waals surface area contributed by atoms with Crippen LogP contribution in [0.15, 0.2) is 12.1 Å². The van der Waals surface area contributed by atoms with Gasteiger partial charge in [-0.3, -0.25) is 4.79 Å². The first kappa shape index (κ1) is 19.6. The van der Waals surface area contributed by atoms with Crippen LogP contribution in [-0.4, -0.2) is 46.6 Å². The second-order valence-corrected chi connectivity index (χ2v) is 8.15. The summed E-state index contributed by atoms with van der Waals surface area (Å²) in [5.74, 6) is -0.144. The van der Waals surface area contributed by atoms with Crippen LogP contribution in [0, 0.1) is 0 Å². The maximum absolute atomic E-state index is 12.7. The molecule has 0 bridgehead atoms. The van der Waals surface area contributed by atoms with Crippen molar-refractivity contribution in [3.05, 3.63) is 33.8 Å². The van der Waals surface area contributed by atoms with Gasteiger partial charge >= 0.3 is 0 Å². The van der Waals surface area contributed by atoms with Crippen LogP contribution in [0.25, 0.3) is 0 Å². The van der Waals surface area contributed by atoms with Crippen molar-refractivity contribution in [2.75, 3.05) is 19.8 Å². The number of hydrogen-bond acceptors (Lipinski definition) is 4. The van der Waals surface area contributed by atoms with E-state index in [1.54, 1.807) is 0 Å². The number of fused-ring (bicyclic) bond motifs is 1. The molecule has 1 aromatic carbocycles. The van der Waals surface area contributed by atoms with E-state index >= 15 is 0 Å². The summed E-state index contributed by atoms with van der Waals surface area (Å²) < 4.78 is 0. The van der Waals surface area contributed by atoms with Gasteiger partial charge < -0.3 is 20.6 Å². The monoisotopic (exact) mass is 381 g/mol. The number of rotatable bonds is 6. The molecule has 1 aromatic rings. The highest BCUT2D eigenvalue weighted by atomic mass is 35.5. The third-order valence-corrected chi connectivity index (χ3v) is 6.32. The summed E-state index contributed by atoms with van der Waals surface area (Å²) in [6, 6.07) is 4.11. The van der Waals surface area contributed by atoms with Crippen LogP contribution in [0.2, 0.25) is 5.02 Å². The fourth-order valence-corrected chi connectivity index (χ4v) is 4.59. The number of amides is 1. The van der Waals surface area contributed by atoms with Crippen LogP contribution in [0.5, 0.6) is 0 Å². The molecule has 0 heterocycles. The van der Waals surface area contributed by atoms with Gasteiger partial charge in [0.1, 0.15) is 5.54 Å². The Kier molecular flexibility index (Phi) is 6.23. The molecule has 5 nitrogen and oxygen atoms in total. The number of hydrogen-bond donors (Lipinski definition) is 4. The van der Waals surface area contributed by atoms with Gasteiger partial charge in [-0.15, -0.1) is 0 Å². The number of aliphatic hydroxyl groups is 3. The zero-order chi connectivity index (χ0) is 18.7. The Morgan fingerprint density at radius 1 is 1.04 bits per heavy atom. The van der Waals surface area contributed by atoms with Crippen molar-refractivity contribution >= 4 is 17.5 Å². The second kappa shape index (κ2) is 8.26. The minimum absolute atomic E-state index is 0.289. The summed E-state index contributed by atoms with van der Waals surface area (Å²) in [4.78, 5) is 12.7. The van der Waals surface area contributed by atoms with Crippen molar-refractivity contribution < 1.29 is 20.1 Å². The summed E-state index contributed by atoms with van der Waals surface area (Å²) in [6.07, 6.45) is 7.62. The van der Waals surface area contributed by atoms with Crippen LogP contribution in [0.1, 0.15) is 67.1 Å². The Bertz CT molecular complexity index is 645. The average molecular weight is 382 g/mol. The molecular formula is C20H28ClNO4. The standard InChI is InChI=1S/C20H28ClNO4/c21-18-9-16-14(8-17(18)13-4-2-1-3-5-13)6-7-15(16)19(26)22-20(10-23,11-24)12-25/h8-9,13,15,23-25H,1-7,10-12H2,(H,22,26). The van der Waals surface area contributed by atoms with Crippen molar-refractivity contribution in [2.24, 2.45) is 0 Å². The number of aryl methyl sites for hydroxylation is 1. The quantitative estimate of drug-likeness (QED) is 0.608. The van der Waals surface area contributed by atoms with Gasteiger partial charge in [0, 0.05) is 5.02 Å². The zero-order valence-corrected chi connectivity index (χ0v) is 15.8. The maximum atomic E-state index is 12.7. The van der Waals surface area contributed by atoms with Gasteiger partial charge in [0.25, 0.3) is 0 Å². The minimum atomic E-state index is -1.40. The van der Waals surface area contributed by atoms with Crippen molar-refractivity contribution in [3.63, 3.8) is 0 Å². The molecule has 0 spiro atoms. The van der Waals surface area contributed by atoms with Crippen molar-refractivity contribution in [3.8, 4) is 0 Å². The lowest BCUT2D eigenvalue weighted by Gasteiger charge is -2.30. The lowest BCUT2D eigenvalue weighted by atomic mass is 9.83. The lowest BCUT2D eigenvalue weighted by Crippen LogP contribution is -2.57. The first-order valence-electron chi connectivity index (χ1n) is 9.50. The van der Waals surface area contributed by atoms with Gasteiger partial charge in [-0.25, -0.2) is 0 Å². The summed E-state index contributed by atoms with van der Waals surface area (Å²) in [5, 5.41) is 31.7. The number of nitrogens with one attached hydrogen (secondary N) is 1. The fraction of sp³-hybridized carbons (Fsp3) is 0.650. The van der Waals surface area contributed by atoms with Crippen molar-refractivity contribution in [1.82, 2.24) is 5.32 Å². The predicted octanol–water partition coefficient (Wildman–Crippen LogP) is 2.25. The molecule has 2 aliphatic rings. The van der Waals surface area contributed by atoms with Crippen LogP contribution in [0.4, 0.5) is 0 Å². The van der Waals surface area contributed by atoms with Crippen molar-refractivity contribution in [1.29, 1.82) is 0 Å². The summed E-state index contributed by atoms with van der Waals surface area (Å²) in [5.41, 5.74) is 1.90. The minimum Gasteiger partial charge on any atom is -0.394 e. The van der Waals surface area contributed by atoms with Gasteiger partial charge in [0.15, 0.2) is 0 Å². The van der Waals surface area contributed by atoms with E-state index in [9.17, 15) is 20.1 Å². The molecule has 0 saturated heterocycles. The molecule has 1 saturated carbocycles. The molecule has 1 fully saturated rings. The molecule has 6 heteroatoms. The van der Waals surface area contributed by atoms with E-state index in [-0.39, 0.29) is 11.8 Å². The summed E-state index contributed by atoms with van der Waals surface area (Å²) in [7, 11) is 0. The van der Waals surface area contributed by atoms with Crippen LogP contribution in [-0.2, 0) is 11.2 Å². The zero-order valence-electron chi connectivity index (χ0n) is 15.0. The topological polar surface area (TPSA) is 89.8 Å². The normalized spacial score (nSPS) is 20.8. The van der Waals surface area contributed by atoms with E-state index in [4.69, 9.17) is 11.6 Å². The molecule has 3 rings (SSSR count). The van der Waals surface area contributed by atoms with Crippen LogP contribution >= 0.6 is 11.6 Å². The number of carbonyl (C=O) groups is 1. The van der Waals surface area contributed by atoms with Gasteiger partial charge in [0.2, 0.25) is 5.91 Å². The summed E-state index contributed by atoms with van der Waals surface area (Å²) in [6.45, 7) is -1.56. The molecule has 1 atom stereocenters. The molecule has 26 heavy (non-hydrogen) atoms. The van der Waals surface area contributed by atoms with E-state index < -0.39 is 25.4 Å². The highest BCUT2D eigenvalue weighted by Crippen LogP contribution is 2.42. The molecule has 0 aliphatic heterocycles. The highest BCUT2D eigenvalue weighted by molar-refractivity contribution is 6.31. The Morgan fingerprint density at radius 2 is 1.69 bits per heavy atom. The Labute approximate surface area is 159 Å². The first-order valence-corrected chi connectivity index (χ1v) is 9.88. The smallest absolute Gasteiger partial charge is 0.228 e. The van der Waals surface area contributed by atoms with E-state index in [1.807, 2.05) is 6.07 Å². The number of carbonyl (C=O) groups excluding carboxylic acids is 1. The molecule has 0 radical (unpaired) electrons. The largest absolute Gasteiger partial charge is 0.394 e. The Hall–Kier alpha value is -1.14. The number of aliphatic hydroxyl groups excluding tert-OH is 3. The molecule has 1 amide bonds. The number of halogens is 1. The predicted molar refractivity (Wildman–Crippen MR) is 100 cm³/mol. The van der Waals surface area contributed by atoms with Crippen molar-refractivity contribution in [2.45, 2.75) is 62.3 Å². The Balaban J connectivity index is 1.81. The first-order chi connectivity index (χ1) is 12.5. The second-order valence-electron chi connectivity index (χ2n) is 7.74. The van der Waals surface area contributed by atoms with Crippen LogP contribution in [0.3, 0.4) is 0 Å². The molecule has 144 valence electrons. The van der Waals surface area contributed by atoms with Gasteiger partial charge in [-0.2, -0.15) is 0 Å². The molecule has 0 aromatic heterocycles. The fourth-order valence-electron chi connectivity index (χ4n) is 4.26. The average Bonchev–Trinajstić information content (AvgIpc) is 3.09. The third-order valence-electron chi connectivity index (χ3n) is 5.99. The van der Waals surface area contributed by atoms with E-state index in [0.29, 0.717) is 12.3 Å². The van der Waals surface area contributed by atoms with Gasteiger partial charge in [-0.05, 0) is 54.4 Å². The van der Waals surface area contributed by atoms with Crippen LogP contribution < -0.4 is 5.32 Å². The highest BCUT2D eigenvalue weighted by Gasteiger charge is 2.36. The van der Waals surface area contributed by atoms with Gasteiger partial charge in [0.05, 0.1) is 25.7 Å². The molecule has 2 aliphatic carbocycles. The van der Waals surface area contributed by atoms with E-state index in [2.05, 4.69) is 11.4 Å². The van der Waals surface area contributed by atoms with E-state index in [1.165, 1.54) is 37.7 Å². The molecular weight excluding hydrogens is 354 g/mol. The Morgan fingerprint density at radius 3 is 2.31 bits per heavy atom. The SMILES string of the molecule is O=C(NC(CO)(CO)CO)C1CCc2cc(C3CCCCC3)c(Cl)cc21. The summed E-state index contributed by atoms with van der Waals surface area (Å²) >= 11 is 6.57. The molecule has 4 N–H and O–H groups in total.